The summed E-state index contributed by atoms with van der Waals surface area (Å²) in [4.78, 5) is 43.3. The Hall–Kier alpha value is -3.35. The zero-order chi connectivity index (χ0) is 23.6. The van der Waals surface area contributed by atoms with Crippen molar-refractivity contribution in [3.63, 3.8) is 0 Å². The number of carbonyl (C=O) groups excluding carboxylic acids is 2. The van der Waals surface area contributed by atoms with Gasteiger partial charge in [-0.25, -0.2) is 0 Å². The predicted molar refractivity (Wildman–Crippen MR) is 123 cm³/mol. The molecule has 7 nitrogen and oxygen atoms in total. The minimum atomic E-state index is -1.15. The number of carboxylic acid groups (broad SMARTS) is 1. The van der Waals surface area contributed by atoms with Crippen LogP contribution in [0.2, 0.25) is 0 Å². The van der Waals surface area contributed by atoms with Crippen molar-refractivity contribution in [3.8, 4) is 5.75 Å². The largest absolute Gasteiger partial charge is 0.497 e. The summed E-state index contributed by atoms with van der Waals surface area (Å²) in [5.74, 6) is -1.54. The molecule has 2 aromatic rings. The lowest BCUT2D eigenvalue weighted by Crippen LogP contribution is -2.57. The lowest BCUT2D eigenvalue weighted by Gasteiger charge is -2.41. The lowest BCUT2D eigenvalue weighted by atomic mass is 9.85. The molecule has 2 aliphatic heterocycles. The van der Waals surface area contributed by atoms with Crippen LogP contribution in [-0.2, 0) is 20.8 Å². The van der Waals surface area contributed by atoms with Gasteiger partial charge in [0.2, 0.25) is 11.8 Å². The average Bonchev–Trinajstić information content (AvgIpc) is 3.12. The first-order chi connectivity index (χ1) is 15.9. The van der Waals surface area contributed by atoms with E-state index in [1.54, 1.807) is 36.1 Å². The third-order valence-corrected chi connectivity index (χ3v) is 7.00. The first-order valence-corrected chi connectivity index (χ1v) is 11.4. The van der Waals surface area contributed by atoms with Gasteiger partial charge in [0.05, 0.1) is 25.5 Å². The maximum absolute atomic E-state index is 13.9. The Morgan fingerprint density at radius 1 is 1.09 bits per heavy atom. The van der Waals surface area contributed by atoms with E-state index in [4.69, 9.17) is 4.74 Å². The number of likely N-dealkylation sites (tertiary alicyclic amines) is 2. The van der Waals surface area contributed by atoms with E-state index in [9.17, 15) is 19.5 Å². The molecule has 0 radical (unpaired) electrons. The molecular formula is C26H30N2O5. The molecule has 1 spiro atoms. The molecular weight excluding hydrogens is 420 g/mol. The van der Waals surface area contributed by atoms with Crippen LogP contribution in [-0.4, -0.2) is 58.9 Å². The van der Waals surface area contributed by atoms with Crippen molar-refractivity contribution in [1.29, 1.82) is 0 Å². The molecule has 2 amide bonds. The Balaban J connectivity index is 1.80. The summed E-state index contributed by atoms with van der Waals surface area (Å²) in [6.45, 7) is 0.606. The van der Waals surface area contributed by atoms with Crippen LogP contribution in [0.15, 0.2) is 54.6 Å². The number of aliphatic carboxylic acids is 1. The molecule has 2 fully saturated rings. The van der Waals surface area contributed by atoms with Crippen molar-refractivity contribution >= 4 is 17.8 Å². The fraction of sp³-hybridized carbons (Fsp3) is 0.423. The monoisotopic (exact) mass is 450 g/mol. The van der Waals surface area contributed by atoms with Gasteiger partial charge in [-0.1, -0.05) is 42.5 Å². The summed E-state index contributed by atoms with van der Waals surface area (Å²) in [5, 5.41) is 10.2. The van der Waals surface area contributed by atoms with Crippen LogP contribution < -0.4 is 4.74 Å². The van der Waals surface area contributed by atoms with Crippen LogP contribution in [0.1, 0.15) is 42.9 Å². The quantitative estimate of drug-likeness (QED) is 0.755. The highest BCUT2D eigenvalue weighted by atomic mass is 16.5. The Labute approximate surface area is 193 Å². The molecule has 2 aliphatic rings. The number of benzene rings is 2. The minimum absolute atomic E-state index is 0.0818. The van der Waals surface area contributed by atoms with Crippen molar-refractivity contribution < 1.29 is 24.2 Å². The van der Waals surface area contributed by atoms with Gasteiger partial charge in [-0.15, -0.1) is 0 Å². The molecule has 1 N–H and O–H groups in total. The second-order valence-electron chi connectivity index (χ2n) is 9.01. The summed E-state index contributed by atoms with van der Waals surface area (Å²) < 4.78 is 5.21. The van der Waals surface area contributed by atoms with Crippen molar-refractivity contribution in [3.05, 3.63) is 65.7 Å². The second kappa shape index (κ2) is 9.25. The lowest BCUT2D eigenvalue weighted by molar-refractivity contribution is -0.152. The van der Waals surface area contributed by atoms with Crippen molar-refractivity contribution in [1.82, 2.24) is 9.80 Å². The van der Waals surface area contributed by atoms with Crippen LogP contribution in [0.4, 0.5) is 0 Å². The van der Waals surface area contributed by atoms with Crippen LogP contribution >= 0.6 is 0 Å². The number of hydrogen-bond acceptors (Lipinski definition) is 4. The Bertz CT molecular complexity index is 1020. The molecule has 0 unspecified atom stereocenters. The third kappa shape index (κ3) is 4.19. The molecule has 4 rings (SSSR count). The van der Waals surface area contributed by atoms with Gasteiger partial charge in [0.15, 0.2) is 0 Å². The summed E-state index contributed by atoms with van der Waals surface area (Å²) >= 11 is 0. The molecule has 3 atom stereocenters. The van der Waals surface area contributed by atoms with Crippen molar-refractivity contribution in [2.75, 3.05) is 20.7 Å². The van der Waals surface area contributed by atoms with Crippen molar-refractivity contribution in [2.24, 2.45) is 5.92 Å². The zero-order valence-corrected chi connectivity index (χ0v) is 19.1. The van der Waals surface area contributed by atoms with Crippen LogP contribution in [0.25, 0.3) is 0 Å². The van der Waals surface area contributed by atoms with E-state index in [1.807, 2.05) is 42.5 Å². The van der Waals surface area contributed by atoms with Gasteiger partial charge in [0.25, 0.3) is 0 Å². The molecule has 0 bridgehead atoms. The Kier molecular flexibility index (Phi) is 6.40. The standard InChI is InChI=1S/C26H30N2O5/c1-27-15-7-6-14-26(25(27)32)17-21(24(30)31)23(19-8-4-3-5-9-19)28(26)22(29)16-18-10-12-20(33-2)13-11-18/h3-5,8-13,21,23H,6-7,14-17H2,1-2H3,(H,30,31)/t21-,23-,26-/m0/s1. The molecule has 33 heavy (non-hydrogen) atoms. The van der Waals surface area contributed by atoms with Gasteiger partial charge >= 0.3 is 5.97 Å². The molecule has 0 saturated carbocycles. The van der Waals surface area contributed by atoms with Crippen LogP contribution in [0, 0.1) is 5.92 Å². The molecule has 2 saturated heterocycles. The number of ether oxygens (including phenoxy) is 1. The van der Waals surface area contributed by atoms with Gasteiger partial charge in [-0.2, -0.15) is 0 Å². The maximum atomic E-state index is 13.9. The normalized spacial score (nSPS) is 25.2. The number of likely N-dealkylation sites (N-methyl/N-ethyl adjacent to an activating group) is 1. The van der Waals surface area contributed by atoms with E-state index in [1.165, 1.54) is 0 Å². The minimum Gasteiger partial charge on any atom is -0.497 e. The topological polar surface area (TPSA) is 87.2 Å². The first kappa shape index (κ1) is 22.8. The number of methoxy groups -OCH3 is 1. The van der Waals surface area contributed by atoms with Gasteiger partial charge in [-0.05, 0) is 48.9 Å². The molecule has 0 aromatic heterocycles. The third-order valence-electron chi connectivity index (χ3n) is 7.00. The molecule has 7 heteroatoms. The highest BCUT2D eigenvalue weighted by Gasteiger charge is 2.60. The average molecular weight is 451 g/mol. The second-order valence-corrected chi connectivity index (χ2v) is 9.01. The highest BCUT2D eigenvalue weighted by molar-refractivity contribution is 5.95. The van der Waals surface area contributed by atoms with Crippen molar-refractivity contribution in [2.45, 2.75) is 43.7 Å². The van der Waals surface area contributed by atoms with Gasteiger partial charge in [0, 0.05) is 13.6 Å². The SMILES string of the molecule is COc1ccc(CC(=O)N2[C@@H](c3ccccc3)[C@@H](C(=O)O)C[C@]23CCCCN(C)C3=O)cc1. The smallest absolute Gasteiger partial charge is 0.309 e. The molecule has 0 aliphatic carbocycles. The fourth-order valence-corrected chi connectivity index (χ4v) is 5.41. The van der Waals surface area contributed by atoms with Gasteiger partial charge in [0.1, 0.15) is 11.3 Å². The zero-order valence-electron chi connectivity index (χ0n) is 19.1. The number of nitrogens with zero attached hydrogens (tertiary/aromatic N) is 2. The first-order valence-electron chi connectivity index (χ1n) is 11.4. The Morgan fingerprint density at radius 3 is 2.42 bits per heavy atom. The van der Waals surface area contributed by atoms with E-state index in [-0.39, 0.29) is 24.7 Å². The van der Waals surface area contributed by atoms with Gasteiger partial charge < -0.3 is 19.6 Å². The van der Waals surface area contributed by atoms with E-state index in [0.29, 0.717) is 18.7 Å². The highest BCUT2D eigenvalue weighted by Crippen LogP contribution is 2.51. The van der Waals surface area contributed by atoms with E-state index in [0.717, 1.165) is 24.0 Å². The summed E-state index contributed by atoms with van der Waals surface area (Å²) in [7, 11) is 3.33. The number of carboxylic acids is 1. The van der Waals surface area contributed by atoms with E-state index in [2.05, 4.69) is 0 Å². The molecule has 2 heterocycles. The number of carbonyl (C=O) groups is 3. The summed E-state index contributed by atoms with van der Waals surface area (Å²) in [5.41, 5.74) is 0.374. The summed E-state index contributed by atoms with van der Waals surface area (Å²) in [6, 6.07) is 15.8. The van der Waals surface area contributed by atoms with Crippen LogP contribution in [0.3, 0.4) is 0 Å². The number of rotatable bonds is 5. The van der Waals surface area contributed by atoms with Gasteiger partial charge in [-0.3, -0.25) is 14.4 Å². The van der Waals surface area contributed by atoms with E-state index >= 15 is 0 Å². The maximum Gasteiger partial charge on any atom is 0.309 e. The fourth-order valence-electron chi connectivity index (χ4n) is 5.41. The molecule has 174 valence electrons. The Morgan fingerprint density at radius 2 is 1.79 bits per heavy atom. The number of hydrogen-bond donors (Lipinski definition) is 1. The number of amides is 2. The van der Waals surface area contributed by atoms with Crippen LogP contribution in [0.5, 0.6) is 5.75 Å². The van der Waals surface area contributed by atoms with E-state index < -0.39 is 23.5 Å². The molecule has 2 aromatic carbocycles. The predicted octanol–water partition coefficient (Wildman–Crippen LogP) is 3.29. The summed E-state index contributed by atoms with van der Waals surface area (Å²) in [6.07, 6.45) is 2.27.